The van der Waals surface area contributed by atoms with E-state index >= 15 is 0 Å². The first-order chi connectivity index (χ1) is 10.2. The molecule has 21 heavy (non-hydrogen) atoms. The summed E-state index contributed by atoms with van der Waals surface area (Å²) in [5.74, 6) is 0.792. The predicted octanol–water partition coefficient (Wildman–Crippen LogP) is 3.27. The second-order valence-corrected chi connectivity index (χ2v) is 4.92. The highest BCUT2D eigenvalue weighted by Crippen LogP contribution is 2.22. The van der Waals surface area contributed by atoms with Gasteiger partial charge in [0, 0.05) is 0 Å². The van der Waals surface area contributed by atoms with Crippen molar-refractivity contribution in [3.8, 4) is 11.8 Å². The average Bonchev–Trinajstić information content (AvgIpc) is 2.57. The third-order valence-corrected chi connectivity index (χ3v) is 3.65. The van der Waals surface area contributed by atoms with Crippen molar-refractivity contribution in [3.05, 3.63) is 65.7 Å². The number of nitriles is 1. The highest BCUT2D eigenvalue weighted by molar-refractivity contribution is 5.33. The third kappa shape index (κ3) is 3.42. The lowest BCUT2D eigenvalue weighted by molar-refractivity contribution is 0.231. The standard InChI is InChI=1S/C18H20N2O/c1-3-15-8-7-11-17(12-15)21-14-18(13-19,20-2)16-9-5-4-6-10-16/h4-12,20H,3,14H2,1-2H3. The van der Waals surface area contributed by atoms with E-state index in [-0.39, 0.29) is 6.61 Å². The number of hydrogen-bond acceptors (Lipinski definition) is 3. The molecule has 1 unspecified atom stereocenters. The van der Waals surface area contributed by atoms with Gasteiger partial charge in [-0.2, -0.15) is 5.26 Å². The Hall–Kier alpha value is -2.31. The second kappa shape index (κ2) is 6.92. The van der Waals surface area contributed by atoms with Gasteiger partial charge in [-0.05, 0) is 36.7 Å². The van der Waals surface area contributed by atoms with Crippen molar-refractivity contribution >= 4 is 0 Å². The van der Waals surface area contributed by atoms with Crippen LogP contribution in [-0.2, 0) is 12.0 Å². The van der Waals surface area contributed by atoms with Crippen molar-refractivity contribution in [2.24, 2.45) is 0 Å². The molecule has 0 aliphatic rings. The molecule has 0 heterocycles. The zero-order valence-corrected chi connectivity index (χ0v) is 12.5. The lowest BCUT2D eigenvalue weighted by Gasteiger charge is -2.26. The molecule has 0 saturated heterocycles. The Morgan fingerprint density at radius 3 is 2.52 bits per heavy atom. The van der Waals surface area contributed by atoms with Crippen LogP contribution in [0.5, 0.6) is 5.75 Å². The number of likely N-dealkylation sites (N-methyl/N-ethyl adjacent to an activating group) is 1. The molecule has 1 atom stereocenters. The fourth-order valence-electron chi connectivity index (χ4n) is 2.22. The molecule has 0 bridgehead atoms. The molecule has 2 aromatic rings. The molecule has 1 N–H and O–H groups in total. The Labute approximate surface area is 126 Å². The van der Waals surface area contributed by atoms with E-state index in [1.165, 1.54) is 5.56 Å². The van der Waals surface area contributed by atoms with E-state index in [4.69, 9.17) is 4.74 Å². The SMILES string of the molecule is CCc1cccc(OCC(C#N)(NC)c2ccccc2)c1. The van der Waals surface area contributed by atoms with Crippen molar-refractivity contribution in [1.82, 2.24) is 5.32 Å². The second-order valence-electron chi connectivity index (χ2n) is 4.92. The number of benzene rings is 2. The topological polar surface area (TPSA) is 45.0 Å². The van der Waals surface area contributed by atoms with Gasteiger partial charge >= 0.3 is 0 Å². The van der Waals surface area contributed by atoms with E-state index in [2.05, 4.69) is 24.4 Å². The van der Waals surface area contributed by atoms with Gasteiger partial charge < -0.3 is 4.74 Å². The molecule has 108 valence electrons. The van der Waals surface area contributed by atoms with E-state index in [1.807, 2.05) is 48.5 Å². The van der Waals surface area contributed by atoms with Gasteiger partial charge in [-0.1, -0.05) is 49.4 Å². The third-order valence-electron chi connectivity index (χ3n) is 3.65. The molecule has 0 aromatic heterocycles. The van der Waals surface area contributed by atoms with Gasteiger partial charge in [0.25, 0.3) is 0 Å². The van der Waals surface area contributed by atoms with E-state index < -0.39 is 5.54 Å². The predicted molar refractivity (Wildman–Crippen MR) is 84.1 cm³/mol. The van der Waals surface area contributed by atoms with Gasteiger partial charge in [-0.15, -0.1) is 0 Å². The molecule has 3 nitrogen and oxygen atoms in total. The van der Waals surface area contributed by atoms with Crippen LogP contribution in [0.2, 0.25) is 0 Å². The maximum atomic E-state index is 9.62. The Kier molecular flexibility index (Phi) is 4.97. The van der Waals surface area contributed by atoms with E-state index in [1.54, 1.807) is 7.05 Å². The summed E-state index contributed by atoms with van der Waals surface area (Å²) in [7, 11) is 1.78. The molecule has 3 heteroatoms. The van der Waals surface area contributed by atoms with Crippen LogP contribution in [-0.4, -0.2) is 13.7 Å². The molecule has 0 amide bonds. The monoisotopic (exact) mass is 280 g/mol. The van der Waals surface area contributed by atoms with Gasteiger partial charge in [0.2, 0.25) is 0 Å². The van der Waals surface area contributed by atoms with Crippen molar-refractivity contribution in [3.63, 3.8) is 0 Å². The maximum absolute atomic E-state index is 9.62. The summed E-state index contributed by atoms with van der Waals surface area (Å²) in [6, 6.07) is 20.0. The molecule has 0 aliphatic carbocycles. The van der Waals surface area contributed by atoms with Gasteiger partial charge in [0.15, 0.2) is 5.54 Å². The largest absolute Gasteiger partial charge is 0.490 e. The van der Waals surface area contributed by atoms with Crippen LogP contribution in [0.4, 0.5) is 0 Å². The summed E-state index contributed by atoms with van der Waals surface area (Å²) in [5, 5.41) is 12.7. The van der Waals surface area contributed by atoms with Gasteiger partial charge in [-0.3, -0.25) is 5.32 Å². The summed E-state index contributed by atoms with van der Waals surface area (Å²) in [5.41, 5.74) is 1.28. The molecular weight excluding hydrogens is 260 g/mol. The van der Waals surface area contributed by atoms with Crippen molar-refractivity contribution in [2.45, 2.75) is 18.9 Å². The first-order valence-electron chi connectivity index (χ1n) is 7.11. The minimum atomic E-state index is -0.844. The average molecular weight is 280 g/mol. The zero-order valence-electron chi connectivity index (χ0n) is 12.5. The summed E-state index contributed by atoms with van der Waals surface area (Å²) in [6.45, 7) is 2.37. The Bertz CT molecular complexity index is 619. The zero-order chi connectivity index (χ0) is 15.1. The van der Waals surface area contributed by atoms with Crippen LogP contribution in [0.25, 0.3) is 0 Å². The summed E-state index contributed by atoms with van der Waals surface area (Å²) < 4.78 is 5.87. The first-order valence-corrected chi connectivity index (χ1v) is 7.11. The fraction of sp³-hybridized carbons (Fsp3) is 0.278. The van der Waals surface area contributed by atoms with Crippen LogP contribution in [0, 0.1) is 11.3 Å². The number of nitrogens with zero attached hydrogens (tertiary/aromatic N) is 1. The number of rotatable bonds is 6. The number of nitrogens with one attached hydrogen (secondary N) is 1. The minimum absolute atomic E-state index is 0.261. The maximum Gasteiger partial charge on any atom is 0.166 e. The molecule has 0 aliphatic heterocycles. The van der Waals surface area contributed by atoms with Gasteiger partial charge in [-0.25, -0.2) is 0 Å². The molecule has 0 spiro atoms. The number of ether oxygens (including phenoxy) is 1. The van der Waals surface area contributed by atoms with E-state index in [9.17, 15) is 5.26 Å². The summed E-state index contributed by atoms with van der Waals surface area (Å²) in [4.78, 5) is 0. The molecular formula is C18H20N2O. The summed E-state index contributed by atoms with van der Waals surface area (Å²) >= 11 is 0. The van der Waals surface area contributed by atoms with Gasteiger partial charge in [0.1, 0.15) is 12.4 Å². The number of aryl methyl sites for hydroxylation is 1. The number of hydrogen-bond donors (Lipinski definition) is 1. The van der Waals surface area contributed by atoms with Crippen molar-refractivity contribution < 1.29 is 4.74 Å². The molecule has 2 aromatic carbocycles. The Morgan fingerprint density at radius 2 is 1.90 bits per heavy atom. The quantitative estimate of drug-likeness (QED) is 0.883. The van der Waals surface area contributed by atoms with E-state index in [0.29, 0.717) is 0 Å². The molecule has 0 saturated carbocycles. The highest BCUT2D eigenvalue weighted by atomic mass is 16.5. The molecule has 0 fully saturated rings. The first kappa shape index (κ1) is 15.1. The van der Waals surface area contributed by atoms with Crippen molar-refractivity contribution in [2.75, 3.05) is 13.7 Å². The Balaban J connectivity index is 2.19. The molecule has 0 radical (unpaired) electrons. The summed E-state index contributed by atoms with van der Waals surface area (Å²) in [6.07, 6.45) is 0.964. The van der Waals surface area contributed by atoms with Gasteiger partial charge in [0.05, 0.1) is 6.07 Å². The van der Waals surface area contributed by atoms with Crippen LogP contribution in [0.15, 0.2) is 54.6 Å². The van der Waals surface area contributed by atoms with Crippen molar-refractivity contribution in [1.29, 1.82) is 5.26 Å². The minimum Gasteiger partial charge on any atom is -0.490 e. The van der Waals surface area contributed by atoms with Crippen LogP contribution >= 0.6 is 0 Å². The van der Waals surface area contributed by atoms with Crippen LogP contribution in [0.3, 0.4) is 0 Å². The smallest absolute Gasteiger partial charge is 0.166 e. The lowest BCUT2D eigenvalue weighted by atomic mass is 9.92. The van der Waals surface area contributed by atoms with Crippen LogP contribution < -0.4 is 10.1 Å². The van der Waals surface area contributed by atoms with Crippen LogP contribution in [0.1, 0.15) is 18.1 Å². The fourth-order valence-corrected chi connectivity index (χ4v) is 2.22. The Morgan fingerprint density at radius 1 is 1.14 bits per heavy atom. The lowest BCUT2D eigenvalue weighted by Crippen LogP contribution is -2.44. The molecule has 2 rings (SSSR count). The highest BCUT2D eigenvalue weighted by Gasteiger charge is 2.31. The van der Waals surface area contributed by atoms with E-state index in [0.717, 1.165) is 17.7 Å². The normalized spacial score (nSPS) is 13.2.